The molecule has 6 heteroatoms. The lowest BCUT2D eigenvalue weighted by Gasteiger charge is -2.32. The van der Waals surface area contributed by atoms with Crippen molar-refractivity contribution in [3.05, 3.63) is 48.7 Å². The van der Waals surface area contributed by atoms with E-state index in [9.17, 15) is 0 Å². The number of pyridine rings is 1. The Bertz CT molecular complexity index is 625. The van der Waals surface area contributed by atoms with Crippen molar-refractivity contribution in [3.63, 3.8) is 0 Å². The highest BCUT2D eigenvalue weighted by molar-refractivity contribution is 5.41. The van der Waals surface area contributed by atoms with Crippen LogP contribution in [0.3, 0.4) is 0 Å². The summed E-state index contributed by atoms with van der Waals surface area (Å²) < 4.78 is 12.2. The highest BCUT2D eigenvalue weighted by atomic mass is 16.5. The fourth-order valence-corrected chi connectivity index (χ4v) is 3.46. The first kappa shape index (κ1) is 14.5. The van der Waals surface area contributed by atoms with Crippen LogP contribution in [0.2, 0.25) is 0 Å². The van der Waals surface area contributed by atoms with Crippen molar-refractivity contribution in [3.8, 4) is 0 Å². The molecule has 3 atom stereocenters. The Morgan fingerprint density at radius 1 is 1.17 bits per heavy atom. The molecule has 120 valence electrons. The van der Waals surface area contributed by atoms with E-state index >= 15 is 0 Å². The van der Waals surface area contributed by atoms with Crippen molar-refractivity contribution in [1.82, 2.24) is 15.0 Å². The third-order valence-electron chi connectivity index (χ3n) is 4.55. The maximum absolute atomic E-state index is 6.17. The van der Waals surface area contributed by atoms with Crippen molar-refractivity contribution >= 4 is 5.82 Å². The van der Waals surface area contributed by atoms with E-state index in [4.69, 9.17) is 9.47 Å². The van der Waals surface area contributed by atoms with Crippen molar-refractivity contribution in [1.29, 1.82) is 0 Å². The van der Waals surface area contributed by atoms with E-state index in [1.54, 1.807) is 24.9 Å². The molecule has 23 heavy (non-hydrogen) atoms. The van der Waals surface area contributed by atoms with E-state index in [0.29, 0.717) is 12.6 Å². The first-order valence-electron chi connectivity index (χ1n) is 8.06. The summed E-state index contributed by atoms with van der Waals surface area (Å²) >= 11 is 0. The van der Waals surface area contributed by atoms with Crippen LogP contribution in [0.25, 0.3) is 0 Å². The Hall–Kier alpha value is -2.05. The summed E-state index contributed by atoms with van der Waals surface area (Å²) in [5, 5.41) is 0. The van der Waals surface area contributed by atoms with E-state index in [2.05, 4.69) is 19.9 Å². The van der Waals surface area contributed by atoms with Gasteiger partial charge in [0.2, 0.25) is 0 Å². The number of aromatic nitrogens is 3. The molecule has 0 N–H and O–H groups in total. The van der Waals surface area contributed by atoms with Crippen molar-refractivity contribution in [2.45, 2.75) is 37.7 Å². The van der Waals surface area contributed by atoms with E-state index in [-0.39, 0.29) is 12.2 Å². The SMILES string of the molecule is c1cc(CO[C@@H]2CN(c3ccncn3)[C@H]3CCCO[C@@H]23)ccn1. The predicted octanol–water partition coefficient (Wildman–Crippen LogP) is 1.82. The molecule has 0 saturated carbocycles. The third kappa shape index (κ3) is 3.04. The minimum atomic E-state index is 0.0587. The second kappa shape index (κ2) is 6.60. The van der Waals surface area contributed by atoms with Gasteiger partial charge in [0.05, 0.1) is 12.6 Å². The van der Waals surface area contributed by atoms with Crippen LogP contribution in [0, 0.1) is 0 Å². The minimum Gasteiger partial charge on any atom is -0.373 e. The smallest absolute Gasteiger partial charge is 0.132 e. The standard InChI is InChI=1S/C17H20N4O2/c1-2-14-17(22-9-1)15(23-11-13-3-6-18-7-4-13)10-21(14)16-5-8-19-12-20-16/h3-8,12,14-15,17H,1-2,9-11H2/t14-,15+,17+/m0/s1. The lowest BCUT2D eigenvalue weighted by Crippen LogP contribution is -2.42. The second-order valence-electron chi connectivity index (χ2n) is 5.97. The van der Waals surface area contributed by atoms with Gasteiger partial charge in [-0.3, -0.25) is 4.98 Å². The van der Waals surface area contributed by atoms with Crippen LogP contribution in [-0.2, 0) is 16.1 Å². The van der Waals surface area contributed by atoms with Crippen LogP contribution < -0.4 is 4.90 Å². The maximum Gasteiger partial charge on any atom is 0.132 e. The summed E-state index contributed by atoms with van der Waals surface area (Å²) in [6.45, 7) is 2.20. The molecule has 0 bridgehead atoms. The Morgan fingerprint density at radius 3 is 2.87 bits per heavy atom. The molecule has 2 aliphatic rings. The Balaban J connectivity index is 1.49. The molecular formula is C17H20N4O2. The summed E-state index contributed by atoms with van der Waals surface area (Å²) in [5.74, 6) is 0.954. The number of nitrogens with zero attached hydrogens (tertiary/aromatic N) is 4. The van der Waals surface area contributed by atoms with Crippen LogP contribution >= 0.6 is 0 Å². The average Bonchev–Trinajstić information content (AvgIpc) is 3.01. The zero-order valence-corrected chi connectivity index (χ0v) is 12.9. The molecule has 0 unspecified atom stereocenters. The van der Waals surface area contributed by atoms with Crippen molar-refractivity contribution in [2.24, 2.45) is 0 Å². The highest BCUT2D eigenvalue weighted by Gasteiger charge is 2.45. The summed E-state index contributed by atoms with van der Waals surface area (Å²) in [5.41, 5.74) is 1.13. The van der Waals surface area contributed by atoms with Gasteiger partial charge in [-0.15, -0.1) is 0 Å². The van der Waals surface area contributed by atoms with E-state index in [0.717, 1.165) is 37.4 Å². The predicted molar refractivity (Wildman–Crippen MR) is 85.0 cm³/mol. The largest absolute Gasteiger partial charge is 0.373 e. The number of hydrogen-bond acceptors (Lipinski definition) is 6. The molecule has 4 heterocycles. The van der Waals surface area contributed by atoms with Gasteiger partial charge in [0.1, 0.15) is 24.4 Å². The zero-order valence-electron chi connectivity index (χ0n) is 12.9. The molecule has 0 radical (unpaired) electrons. The quantitative estimate of drug-likeness (QED) is 0.858. The number of anilines is 1. The van der Waals surface area contributed by atoms with Gasteiger partial charge in [0.25, 0.3) is 0 Å². The zero-order chi connectivity index (χ0) is 15.5. The van der Waals surface area contributed by atoms with Gasteiger partial charge in [-0.1, -0.05) is 0 Å². The van der Waals surface area contributed by atoms with Gasteiger partial charge in [-0.2, -0.15) is 0 Å². The van der Waals surface area contributed by atoms with Crippen LogP contribution in [0.4, 0.5) is 5.82 Å². The van der Waals surface area contributed by atoms with E-state index in [1.165, 1.54) is 0 Å². The summed E-state index contributed by atoms with van der Waals surface area (Å²) in [6.07, 6.45) is 9.33. The molecule has 2 aromatic rings. The monoisotopic (exact) mass is 312 g/mol. The van der Waals surface area contributed by atoms with Crippen LogP contribution in [0.1, 0.15) is 18.4 Å². The summed E-state index contributed by atoms with van der Waals surface area (Å²) in [6, 6.07) is 6.25. The molecule has 2 aromatic heterocycles. The van der Waals surface area contributed by atoms with Gasteiger partial charge >= 0.3 is 0 Å². The third-order valence-corrected chi connectivity index (χ3v) is 4.55. The normalized spacial score (nSPS) is 27.0. The van der Waals surface area contributed by atoms with Crippen LogP contribution in [0.5, 0.6) is 0 Å². The molecule has 2 saturated heterocycles. The molecule has 4 rings (SSSR count). The average molecular weight is 312 g/mol. The molecule has 0 amide bonds. The van der Waals surface area contributed by atoms with Gasteiger partial charge in [0, 0.05) is 31.7 Å². The van der Waals surface area contributed by atoms with Gasteiger partial charge < -0.3 is 14.4 Å². The second-order valence-corrected chi connectivity index (χ2v) is 5.97. The maximum atomic E-state index is 6.17. The highest BCUT2D eigenvalue weighted by Crippen LogP contribution is 2.33. The molecule has 6 nitrogen and oxygen atoms in total. The first-order valence-corrected chi connectivity index (χ1v) is 8.06. The Morgan fingerprint density at radius 2 is 2.04 bits per heavy atom. The van der Waals surface area contributed by atoms with E-state index < -0.39 is 0 Å². The molecule has 2 fully saturated rings. The lowest BCUT2D eigenvalue weighted by molar-refractivity contribution is -0.0784. The number of ether oxygens (including phenoxy) is 2. The Labute approximate surface area is 135 Å². The Kier molecular flexibility index (Phi) is 4.17. The van der Waals surface area contributed by atoms with Gasteiger partial charge in [-0.05, 0) is 36.6 Å². The van der Waals surface area contributed by atoms with Gasteiger partial charge in [-0.25, -0.2) is 9.97 Å². The van der Waals surface area contributed by atoms with Crippen molar-refractivity contribution < 1.29 is 9.47 Å². The molecule has 0 aliphatic carbocycles. The number of hydrogen-bond donors (Lipinski definition) is 0. The fraction of sp³-hybridized carbons (Fsp3) is 0.471. The summed E-state index contributed by atoms with van der Waals surface area (Å²) in [7, 11) is 0. The van der Waals surface area contributed by atoms with Gasteiger partial charge in [0.15, 0.2) is 0 Å². The first-order chi connectivity index (χ1) is 11.4. The van der Waals surface area contributed by atoms with Crippen LogP contribution in [-0.4, -0.2) is 46.4 Å². The topological polar surface area (TPSA) is 60.4 Å². The van der Waals surface area contributed by atoms with Crippen LogP contribution in [0.15, 0.2) is 43.1 Å². The number of fused-ring (bicyclic) bond motifs is 1. The molecule has 0 spiro atoms. The molecule has 2 aliphatic heterocycles. The summed E-state index contributed by atoms with van der Waals surface area (Å²) in [4.78, 5) is 14.8. The minimum absolute atomic E-state index is 0.0587. The molecular weight excluding hydrogens is 292 g/mol. The molecule has 0 aromatic carbocycles. The number of rotatable bonds is 4. The van der Waals surface area contributed by atoms with E-state index in [1.807, 2.05) is 18.2 Å². The fourth-order valence-electron chi connectivity index (χ4n) is 3.46. The van der Waals surface area contributed by atoms with Crippen molar-refractivity contribution in [2.75, 3.05) is 18.1 Å². The lowest BCUT2D eigenvalue weighted by atomic mass is 10.0.